The summed E-state index contributed by atoms with van der Waals surface area (Å²) in [4.78, 5) is 16.8. The van der Waals surface area contributed by atoms with Gasteiger partial charge in [0.05, 0.1) is 6.26 Å². The van der Waals surface area contributed by atoms with Gasteiger partial charge in [-0.1, -0.05) is 42.8 Å². The predicted molar refractivity (Wildman–Crippen MR) is 140 cm³/mol. The summed E-state index contributed by atoms with van der Waals surface area (Å²) < 4.78 is 61.5. The van der Waals surface area contributed by atoms with Crippen molar-refractivity contribution in [2.24, 2.45) is 17.6 Å². The number of carbonyl (C=O) groups is 1. The Bertz CT molecular complexity index is 1130. The second-order valence-electron chi connectivity index (χ2n) is 9.46. The minimum absolute atomic E-state index is 0.0536. The standard InChI is InChI=1S/C18H28F3N5O3S.C7H8/c1-11-6-13(11)9-23-15-7-12(8-16(25-15)26(2)30(3,28)29)17(27)24-10-14(22)4-5-18(19,20)21;1-7-5-3-2-4-6-7/h7-8,11,13-14H,4-6,9-10,22H2,1-3H3,(H,23,25)(H,24,27);2-6H,1H3. The Morgan fingerprint density at radius 3 is 2.35 bits per heavy atom. The molecule has 3 rings (SSSR count). The van der Waals surface area contributed by atoms with Crippen LogP contribution in [-0.4, -0.2) is 57.9 Å². The van der Waals surface area contributed by atoms with E-state index in [0.29, 0.717) is 24.2 Å². The number of aromatic nitrogens is 1. The number of hydrogen-bond donors (Lipinski definition) is 3. The summed E-state index contributed by atoms with van der Waals surface area (Å²) in [6.45, 7) is 4.70. The fourth-order valence-electron chi connectivity index (χ4n) is 3.30. The fraction of sp³-hybridized carbons (Fsp3) is 0.520. The third kappa shape index (κ3) is 11.4. The maximum Gasteiger partial charge on any atom is 0.389 e. The van der Waals surface area contributed by atoms with Crippen molar-refractivity contribution in [1.82, 2.24) is 10.3 Å². The molecule has 1 aliphatic rings. The van der Waals surface area contributed by atoms with Gasteiger partial charge in [-0.25, -0.2) is 13.4 Å². The van der Waals surface area contributed by atoms with Crippen LogP contribution >= 0.6 is 0 Å². The lowest BCUT2D eigenvalue weighted by atomic mass is 10.1. The summed E-state index contributed by atoms with van der Waals surface area (Å²) in [6, 6.07) is 12.2. The van der Waals surface area contributed by atoms with Crippen LogP contribution in [0.5, 0.6) is 0 Å². The lowest BCUT2D eigenvalue weighted by Gasteiger charge is -2.19. The SMILES string of the molecule is CC1CC1CNc1cc(C(=O)NCC(N)CCC(F)(F)F)cc(N(C)S(C)(=O)=O)n1.Cc1ccccc1. The van der Waals surface area contributed by atoms with Crippen molar-refractivity contribution in [3.8, 4) is 0 Å². The van der Waals surface area contributed by atoms with Gasteiger partial charge in [-0.15, -0.1) is 0 Å². The molecule has 0 spiro atoms. The minimum Gasteiger partial charge on any atom is -0.370 e. The normalized spacial score (nSPS) is 17.7. The van der Waals surface area contributed by atoms with Crippen LogP contribution in [0.15, 0.2) is 42.5 Å². The highest BCUT2D eigenvalue weighted by Crippen LogP contribution is 2.37. The monoisotopic (exact) mass is 543 g/mol. The number of nitrogens with one attached hydrogen (secondary N) is 2. The Morgan fingerprint density at radius 2 is 1.86 bits per heavy atom. The van der Waals surface area contributed by atoms with Gasteiger partial charge in [-0.3, -0.25) is 9.10 Å². The molecule has 37 heavy (non-hydrogen) atoms. The first kappa shape index (κ1) is 30.4. The van der Waals surface area contributed by atoms with Gasteiger partial charge in [-0.05, 0) is 43.7 Å². The summed E-state index contributed by atoms with van der Waals surface area (Å²) >= 11 is 0. The number of rotatable bonds is 10. The number of sulfonamides is 1. The number of nitrogens with two attached hydrogens (primary N) is 1. The Kier molecular flexibility index (Phi) is 10.7. The number of aryl methyl sites for hydroxylation is 1. The summed E-state index contributed by atoms with van der Waals surface area (Å²) in [5, 5.41) is 5.62. The van der Waals surface area contributed by atoms with Gasteiger partial charge < -0.3 is 16.4 Å². The number of pyridine rings is 1. The Balaban J connectivity index is 0.000000591. The van der Waals surface area contributed by atoms with Crippen molar-refractivity contribution < 1.29 is 26.4 Å². The molecule has 0 radical (unpaired) electrons. The van der Waals surface area contributed by atoms with Crippen LogP contribution < -0.4 is 20.7 Å². The van der Waals surface area contributed by atoms with E-state index in [4.69, 9.17) is 5.73 Å². The van der Waals surface area contributed by atoms with Crippen LogP contribution in [0, 0.1) is 18.8 Å². The minimum atomic E-state index is -4.31. The maximum absolute atomic E-state index is 12.5. The number of anilines is 2. The summed E-state index contributed by atoms with van der Waals surface area (Å²) in [5.41, 5.74) is 7.10. The van der Waals surface area contributed by atoms with Crippen LogP contribution in [-0.2, 0) is 10.0 Å². The summed E-state index contributed by atoms with van der Waals surface area (Å²) in [6.07, 6.45) is -3.55. The number of halogens is 3. The molecule has 0 bridgehead atoms. The smallest absolute Gasteiger partial charge is 0.370 e. The molecule has 1 saturated carbocycles. The molecule has 1 aromatic carbocycles. The molecule has 3 atom stereocenters. The Labute approximate surface area is 216 Å². The number of benzene rings is 1. The molecule has 2 aromatic rings. The van der Waals surface area contributed by atoms with Gasteiger partial charge in [0.1, 0.15) is 11.6 Å². The predicted octanol–water partition coefficient (Wildman–Crippen LogP) is 3.94. The first-order valence-corrected chi connectivity index (χ1v) is 13.8. The summed E-state index contributed by atoms with van der Waals surface area (Å²) in [7, 11) is -2.29. The number of amides is 1. The number of carbonyl (C=O) groups excluding carboxylic acids is 1. The fourth-order valence-corrected chi connectivity index (χ4v) is 3.73. The van der Waals surface area contributed by atoms with E-state index >= 15 is 0 Å². The number of hydrogen-bond acceptors (Lipinski definition) is 6. The second-order valence-corrected chi connectivity index (χ2v) is 11.5. The van der Waals surface area contributed by atoms with Crippen LogP contribution in [0.2, 0.25) is 0 Å². The topological polar surface area (TPSA) is 117 Å². The van der Waals surface area contributed by atoms with Gasteiger partial charge in [0.2, 0.25) is 10.0 Å². The van der Waals surface area contributed by atoms with Crippen LogP contribution in [0.25, 0.3) is 0 Å². The molecule has 1 fully saturated rings. The van der Waals surface area contributed by atoms with E-state index in [1.54, 1.807) is 0 Å². The molecular formula is C25H36F3N5O3S. The molecule has 206 valence electrons. The maximum atomic E-state index is 12.5. The lowest BCUT2D eigenvalue weighted by molar-refractivity contribution is -0.136. The van der Waals surface area contributed by atoms with Crippen molar-refractivity contribution in [2.75, 3.05) is 36.0 Å². The largest absolute Gasteiger partial charge is 0.389 e. The van der Waals surface area contributed by atoms with Crippen LogP contribution in [0.4, 0.5) is 24.8 Å². The molecule has 12 heteroatoms. The van der Waals surface area contributed by atoms with E-state index in [1.165, 1.54) is 24.7 Å². The molecule has 8 nitrogen and oxygen atoms in total. The lowest BCUT2D eigenvalue weighted by Crippen LogP contribution is -2.38. The zero-order valence-corrected chi connectivity index (χ0v) is 22.4. The first-order chi connectivity index (χ1) is 17.2. The zero-order chi connectivity index (χ0) is 27.8. The van der Waals surface area contributed by atoms with Crippen molar-refractivity contribution in [2.45, 2.75) is 45.3 Å². The Morgan fingerprint density at radius 1 is 1.24 bits per heavy atom. The highest BCUT2D eigenvalue weighted by molar-refractivity contribution is 7.92. The molecule has 3 unspecified atom stereocenters. The van der Waals surface area contributed by atoms with E-state index in [9.17, 15) is 26.4 Å². The average Bonchev–Trinajstić information content (AvgIpc) is 3.54. The molecular weight excluding hydrogens is 507 g/mol. The molecule has 0 saturated heterocycles. The third-order valence-corrected chi connectivity index (χ3v) is 7.16. The van der Waals surface area contributed by atoms with E-state index in [-0.39, 0.29) is 24.3 Å². The van der Waals surface area contributed by atoms with Crippen LogP contribution in [0.3, 0.4) is 0 Å². The van der Waals surface area contributed by atoms with Crippen molar-refractivity contribution >= 4 is 27.6 Å². The molecule has 1 amide bonds. The van der Waals surface area contributed by atoms with E-state index in [0.717, 1.165) is 17.0 Å². The molecule has 0 aliphatic heterocycles. The highest BCUT2D eigenvalue weighted by Gasteiger charge is 2.32. The van der Waals surface area contributed by atoms with Gasteiger partial charge >= 0.3 is 6.18 Å². The van der Waals surface area contributed by atoms with Crippen molar-refractivity contribution in [3.05, 3.63) is 53.6 Å². The van der Waals surface area contributed by atoms with E-state index in [1.807, 2.05) is 18.2 Å². The van der Waals surface area contributed by atoms with Gasteiger partial charge in [0.25, 0.3) is 5.91 Å². The molecule has 1 aliphatic carbocycles. The summed E-state index contributed by atoms with van der Waals surface area (Å²) in [5.74, 6) is 0.907. The van der Waals surface area contributed by atoms with Crippen molar-refractivity contribution in [1.29, 1.82) is 0 Å². The van der Waals surface area contributed by atoms with Gasteiger partial charge in [-0.2, -0.15) is 13.2 Å². The number of alkyl halides is 3. The first-order valence-electron chi connectivity index (χ1n) is 12.0. The van der Waals surface area contributed by atoms with Crippen molar-refractivity contribution in [3.63, 3.8) is 0 Å². The molecule has 4 N–H and O–H groups in total. The van der Waals surface area contributed by atoms with E-state index < -0.39 is 34.6 Å². The second kappa shape index (κ2) is 13.1. The zero-order valence-electron chi connectivity index (χ0n) is 21.5. The highest BCUT2D eigenvalue weighted by atomic mass is 32.2. The average molecular weight is 544 g/mol. The Hall–Kier alpha value is -2.86. The number of nitrogens with zero attached hydrogens (tertiary/aromatic N) is 2. The molecule has 1 heterocycles. The van der Waals surface area contributed by atoms with Gasteiger partial charge in [0, 0.05) is 38.2 Å². The van der Waals surface area contributed by atoms with Crippen LogP contribution in [0.1, 0.15) is 42.1 Å². The molecule has 1 aromatic heterocycles. The van der Waals surface area contributed by atoms with E-state index in [2.05, 4.69) is 41.6 Å². The van der Waals surface area contributed by atoms with Gasteiger partial charge in [0.15, 0.2) is 0 Å². The quantitative estimate of drug-likeness (QED) is 0.418. The third-order valence-electron chi connectivity index (χ3n) is 5.98.